The third-order valence-corrected chi connectivity index (χ3v) is 5.69. The van der Waals surface area contributed by atoms with Crippen molar-refractivity contribution in [1.82, 2.24) is 9.80 Å². The topological polar surface area (TPSA) is 53.0 Å². The zero-order valence-electron chi connectivity index (χ0n) is 15.2. The predicted molar refractivity (Wildman–Crippen MR) is 98.3 cm³/mol. The molecule has 0 atom stereocenters. The van der Waals surface area contributed by atoms with Crippen molar-refractivity contribution in [3.8, 4) is 5.75 Å². The van der Waals surface area contributed by atoms with Crippen molar-refractivity contribution in [3.05, 3.63) is 29.8 Å². The molecule has 1 aromatic rings. The van der Waals surface area contributed by atoms with Gasteiger partial charge in [-0.1, -0.05) is 19.1 Å². The molecule has 0 aromatic heterocycles. The van der Waals surface area contributed by atoms with Crippen LogP contribution >= 0.6 is 0 Å². The summed E-state index contributed by atoms with van der Waals surface area (Å²) in [4.78, 5) is 16.3. The molecule has 2 fully saturated rings. The quantitative estimate of drug-likeness (QED) is 0.858. The van der Waals surface area contributed by atoms with E-state index in [9.17, 15) is 9.90 Å². The second kappa shape index (κ2) is 8.68. The van der Waals surface area contributed by atoms with Gasteiger partial charge < -0.3 is 9.84 Å². The van der Waals surface area contributed by atoms with Crippen LogP contribution in [0.1, 0.15) is 43.0 Å². The number of nitrogens with zero attached hydrogens (tertiary/aromatic N) is 2. The molecule has 1 heterocycles. The van der Waals surface area contributed by atoms with Gasteiger partial charge in [-0.2, -0.15) is 0 Å². The summed E-state index contributed by atoms with van der Waals surface area (Å²) in [6.07, 6.45) is 5.47. The van der Waals surface area contributed by atoms with Gasteiger partial charge in [0.05, 0.1) is 0 Å². The van der Waals surface area contributed by atoms with E-state index in [0.717, 1.165) is 44.7 Å². The second-order valence-electron chi connectivity index (χ2n) is 7.44. The highest BCUT2D eigenvalue weighted by molar-refractivity contribution is 5.90. The molecule has 0 spiro atoms. The summed E-state index contributed by atoms with van der Waals surface area (Å²) in [5, 5.41) is 9.19. The van der Waals surface area contributed by atoms with Crippen LogP contribution in [0.25, 0.3) is 0 Å². The van der Waals surface area contributed by atoms with E-state index in [-0.39, 0.29) is 5.56 Å². The summed E-state index contributed by atoms with van der Waals surface area (Å²) in [6, 6.07) is 7.64. The van der Waals surface area contributed by atoms with Crippen molar-refractivity contribution in [1.29, 1.82) is 0 Å². The highest BCUT2D eigenvalue weighted by atomic mass is 16.5. The van der Waals surface area contributed by atoms with Crippen molar-refractivity contribution in [2.75, 3.05) is 39.3 Å². The number of aromatic carboxylic acids is 1. The molecule has 0 bridgehead atoms. The second-order valence-corrected chi connectivity index (χ2v) is 7.44. The lowest BCUT2D eigenvalue weighted by Crippen LogP contribution is -2.51. The maximum atomic E-state index is 11.2. The molecule has 1 aromatic carbocycles. The lowest BCUT2D eigenvalue weighted by molar-refractivity contribution is 0.0646. The molecular formula is C20H30N2O3. The summed E-state index contributed by atoms with van der Waals surface area (Å²) in [5.41, 5.74) is 0.235. The smallest absolute Gasteiger partial charge is 0.339 e. The Hall–Kier alpha value is -1.59. The monoisotopic (exact) mass is 346 g/mol. The highest BCUT2D eigenvalue weighted by Gasteiger charge is 2.26. The van der Waals surface area contributed by atoms with Crippen LogP contribution in [0.3, 0.4) is 0 Å². The molecule has 0 radical (unpaired) electrons. The Kier molecular flexibility index (Phi) is 6.32. The molecule has 0 amide bonds. The number of ether oxygens (including phenoxy) is 1. The summed E-state index contributed by atoms with van der Waals surface area (Å²) in [7, 11) is 0. The van der Waals surface area contributed by atoms with Crippen LogP contribution in [-0.2, 0) is 0 Å². The number of carbonyl (C=O) groups is 1. The Morgan fingerprint density at radius 1 is 1.12 bits per heavy atom. The minimum atomic E-state index is -0.939. The third kappa shape index (κ3) is 4.95. The van der Waals surface area contributed by atoms with Gasteiger partial charge in [0.25, 0.3) is 0 Å². The number of benzene rings is 1. The van der Waals surface area contributed by atoms with Crippen LogP contribution in [0.4, 0.5) is 0 Å². The van der Waals surface area contributed by atoms with Gasteiger partial charge >= 0.3 is 5.97 Å². The molecule has 1 saturated carbocycles. The van der Waals surface area contributed by atoms with Crippen molar-refractivity contribution in [3.63, 3.8) is 0 Å². The Morgan fingerprint density at radius 3 is 2.48 bits per heavy atom. The van der Waals surface area contributed by atoms with E-state index >= 15 is 0 Å². The summed E-state index contributed by atoms with van der Waals surface area (Å²) < 4.78 is 5.72. The van der Waals surface area contributed by atoms with Crippen molar-refractivity contribution >= 4 is 5.97 Å². The third-order valence-electron chi connectivity index (χ3n) is 5.69. The van der Waals surface area contributed by atoms with Crippen LogP contribution < -0.4 is 4.74 Å². The van der Waals surface area contributed by atoms with Crippen LogP contribution in [0, 0.1) is 5.92 Å². The van der Waals surface area contributed by atoms with Crippen LogP contribution in [0.5, 0.6) is 5.75 Å². The molecular weight excluding hydrogens is 316 g/mol. The van der Waals surface area contributed by atoms with E-state index in [4.69, 9.17) is 4.74 Å². The van der Waals surface area contributed by atoms with Crippen LogP contribution in [0.2, 0.25) is 0 Å². The average molecular weight is 346 g/mol. The molecule has 1 aliphatic carbocycles. The average Bonchev–Trinajstić information content (AvgIpc) is 2.63. The normalized spacial score (nSPS) is 25.6. The van der Waals surface area contributed by atoms with Crippen molar-refractivity contribution < 1.29 is 14.6 Å². The molecule has 1 N–H and O–H groups in total. The highest BCUT2D eigenvalue weighted by Crippen LogP contribution is 2.27. The number of carboxylic acid groups (broad SMARTS) is 1. The zero-order valence-corrected chi connectivity index (χ0v) is 15.2. The Morgan fingerprint density at radius 2 is 1.80 bits per heavy atom. The minimum absolute atomic E-state index is 0.235. The molecule has 2 aliphatic rings. The van der Waals surface area contributed by atoms with E-state index in [1.807, 2.05) is 6.07 Å². The molecule has 3 rings (SSSR count). The fourth-order valence-electron chi connectivity index (χ4n) is 4.01. The maximum absolute atomic E-state index is 11.2. The van der Waals surface area contributed by atoms with Crippen LogP contribution in [-0.4, -0.2) is 66.2 Å². The molecule has 25 heavy (non-hydrogen) atoms. The van der Waals surface area contributed by atoms with Gasteiger partial charge in [0, 0.05) is 38.8 Å². The van der Waals surface area contributed by atoms with Crippen LogP contribution in [0.15, 0.2) is 24.3 Å². The number of hydrogen-bond donors (Lipinski definition) is 1. The van der Waals surface area contributed by atoms with E-state index < -0.39 is 5.97 Å². The van der Waals surface area contributed by atoms with Gasteiger partial charge in [0.15, 0.2) is 0 Å². The van der Waals surface area contributed by atoms with Crippen molar-refractivity contribution in [2.24, 2.45) is 5.92 Å². The molecule has 0 unspecified atom stereocenters. The minimum Gasteiger partial charge on any atom is -0.491 e. The van der Waals surface area contributed by atoms with E-state index in [0.29, 0.717) is 12.4 Å². The first-order chi connectivity index (χ1) is 12.1. The number of para-hydroxylation sites is 1. The molecule has 1 saturated heterocycles. The van der Waals surface area contributed by atoms with Gasteiger partial charge in [-0.25, -0.2) is 4.79 Å². The Labute approximate surface area is 150 Å². The lowest BCUT2D eigenvalue weighted by atomic mass is 9.86. The summed E-state index contributed by atoms with van der Waals surface area (Å²) >= 11 is 0. The zero-order chi connectivity index (χ0) is 17.6. The molecule has 1 aliphatic heterocycles. The molecule has 5 heteroatoms. The molecule has 138 valence electrons. The predicted octanol–water partition coefficient (Wildman–Crippen LogP) is 2.96. The summed E-state index contributed by atoms with van der Waals surface area (Å²) in [6.45, 7) is 8.20. The Bertz CT molecular complexity index is 562. The number of hydrogen-bond acceptors (Lipinski definition) is 4. The first-order valence-electron chi connectivity index (χ1n) is 9.55. The SMILES string of the molecule is CC1CCC(N2CCN(CCOc3ccccc3C(=O)O)CC2)CC1. The van der Waals surface area contributed by atoms with E-state index in [1.54, 1.807) is 18.2 Å². The lowest BCUT2D eigenvalue weighted by Gasteiger charge is -2.41. The van der Waals surface area contributed by atoms with E-state index in [2.05, 4.69) is 16.7 Å². The van der Waals surface area contributed by atoms with Gasteiger partial charge in [-0.3, -0.25) is 9.80 Å². The molecule has 5 nitrogen and oxygen atoms in total. The maximum Gasteiger partial charge on any atom is 0.339 e. The van der Waals surface area contributed by atoms with Gasteiger partial charge in [-0.05, 0) is 43.7 Å². The first-order valence-corrected chi connectivity index (χ1v) is 9.55. The fourth-order valence-corrected chi connectivity index (χ4v) is 4.01. The number of rotatable bonds is 6. The number of carboxylic acids is 1. The van der Waals surface area contributed by atoms with Gasteiger partial charge in [0.2, 0.25) is 0 Å². The van der Waals surface area contributed by atoms with Crippen molar-refractivity contribution in [2.45, 2.75) is 38.6 Å². The number of piperazine rings is 1. The van der Waals surface area contributed by atoms with Gasteiger partial charge in [0.1, 0.15) is 17.9 Å². The van der Waals surface area contributed by atoms with E-state index in [1.165, 1.54) is 25.7 Å². The first kappa shape index (κ1) is 18.2. The summed E-state index contributed by atoms with van der Waals surface area (Å²) in [5.74, 6) is 0.430. The fraction of sp³-hybridized carbons (Fsp3) is 0.650. The standard InChI is InChI=1S/C20H30N2O3/c1-16-6-8-17(9-7-16)22-12-10-21(11-13-22)14-15-25-19-5-3-2-4-18(19)20(23)24/h2-5,16-17H,6-15H2,1H3,(H,23,24). The Balaban J connectivity index is 1.39. The van der Waals surface area contributed by atoms with Gasteiger partial charge in [-0.15, -0.1) is 0 Å². The largest absolute Gasteiger partial charge is 0.491 e.